The van der Waals surface area contributed by atoms with E-state index in [1.165, 1.54) is 30.2 Å². The Bertz CT molecular complexity index is 578. The smallest absolute Gasteiger partial charge is 0.119 e. The Hall–Kier alpha value is -1.58. The largest absolute Gasteiger partial charge is 0.494 e. The van der Waals surface area contributed by atoms with Gasteiger partial charge in [0.25, 0.3) is 0 Å². The van der Waals surface area contributed by atoms with Crippen molar-refractivity contribution >= 4 is 10.8 Å². The molecule has 1 fully saturated rings. The van der Waals surface area contributed by atoms with Gasteiger partial charge in [-0.1, -0.05) is 30.3 Å². The zero-order valence-corrected chi connectivity index (χ0v) is 13.2. The number of fused-ring (bicyclic) bond motifs is 1. The van der Waals surface area contributed by atoms with Crippen molar-refractivity contribution in [1.29, 1.82) is 0 Å². The highest BCUT2D eigenvalue weighted by atomic mass is 16.5. The van der Waals surface area contributed by atoms with Gasteiger partial charge in [0.1, 0.15) is 5.75 Å². The molecule has 0 aliphatic carbocycles. The Morgan fingerprint density at radius 1 is 0.909 bits per heavy atom. The van der Waals surface area contributed by atoms with Crippen molar-refractivity contribution in [1.82, 2.24) is 4.90 Å². The zero-order valence-electron chi connectivity index (χ0n) is 13.2. The fourth-order valence-electron chi connectivity index (χ4n) is 2.89. The summed E-state index contributed by atoms with van der Waals surface area (Å²) in [5.74, 6) is 0.979. The van der Waals surface area contributed by atoms with Crippen LogP contribution in [0.1, 0.15) is 19.3 Å². The maximum absolute atomic E-state index is 5.87. The monoisotopic (exact) mass is 299 g/mol. The van der Waals surface area contributed by atoms with Gasteiger partial charge < -0.3 is 9.47 Å². The second kappa shape index (κ2) is 8.16. The van der Waals surface area contributed by atoms with Gasteiger partial charge in [0.2, 0.25) is 0 Å². The highest BCUT2D eigenvalue weighted by molar-refractivity contribution is 5.83. The van der Waals surface area contributed by atoms with Crippen molar-refractivity contribution in [3.8, 4) is 5.75 Å². The SMILES string of the molecule is c1ccc2cc(OCCCCCN3CCOCC3)ccc2c1. The van der Waals surface area contributed by atoms with Crippen molar-refractivity contribution < 1.29 is 9.47 Å². The Morgan fingerprint density at radius 3 is 2.59 bits per heavy atom. The first-order valence-electron chi connectivity index (χ1n) is 8.33. The summed E-state index contributed by atoms with van der Waals surface area (Å²) in [6.07, 6.45) is 3.60. The molecule has 3 nitrogen and oxygen atoms in total. The Balaban J connectivity index is 1.33. The van der Waals surface area contributed by atoms with Gasteiger partial charge in [-0.25, -0.2) is 0 Å². The second-order valence-corrected chi connectivity index (χ2v) is 5.87. The molecular weight excluding hydrogens is 274 g/mol. The molecular formula is C19H25NO2. The minimum atomic E-state index is 0.807. The molecule has 0 aromatic heterocycles. The van der Waals surface area contributed by atoms with Crippen LogP contribution in [0.15, 0.2) is 42.5 Å². The number of hydrogen-bond donors (Lipinski definition) is 0. The van der Waals surface area contributed by atoms with E-state index in [1.54, 1.807) is 0 Å². The van der Waals surface area contributed by atoms with E-state index in [0.29, 0.717) is 0 Å². The molecule has 2 aromatic rings. The van der Waals surface area contributed by atoms with E-state index >= 15 is 0 Å². The molecule has 0 radical (unpaired) electrons. The van der Waals surface area contributed by atoms with Crippen LogP contribution in [0.5, 0.6) is 5.75 Å². The lowest BCUT2D eigenvalue weighted by Gasteiger charge is -2.26. The average Bonchev–Trinajstić information content (AvgIpc) is 2.59. The van der Waals surface area contributed by atoms with Crippen molar-refractivity contribution in [3.63, 3.8) is 0 Å². The van der Waals surface area contributed by atoms with Crippen LogP contribution < -0.4 is 4.74 Å². The van der Waals surface area contributed by atoms with E-state index in [4.69, 9.17) is 9.47 Å². The molecule has 1 saturated heterocycles. The standard InChI is InChI=1S/C19H25NO2/c1(4-10-20-11-14-21-15-12-20)5-13-22-19-9-8-17-6-2-3-7-18(17)16-19/h2-3,6-9,16H,1,4-5,10-15H2. The molecule has 0 atom stereocenters. The van der Waals surface area contributed by atoms with Crippen LogP contribution in [-0.4, -0.2) is 44.4 Å². The summed E-state index contributed by atoms with van der Waals surface area (Å²) < 4.78 is 11.2. The molecule has 3 heteroatoms. The Kier molecular flexibility index (Phi) is 5.68. The van der Waals surface area contributed by atoms with Gasteiger partial charge in [0.15, 0.2) is 0 Å². The summed E-state index contributed by atoms with van der Waals surface area (Å²) in [4.78, 5) is 2.49. The molecule has 0 saturated carbocycles. The molecule has 0 unspecified atom stereocenters. The Morgan fingerprint density at radius 2 is 1.73 bits per heavy atom. The summed E-state index contributed by atoms with van der Waals surface area (Å²) in [6.45, 7) is 5.97. The molecule has 0 bridgehead atoms. The van der Waals surface area contributed by atoms with E-state index in [0.717, 1.165) is 45.1 Å². The van der Waals surface area contributed by atoms with Crippen LogP contribution in [0.25, 0.3) is 10.8 Å². The molecule has 1 aliphatic rings. The third-order valence-corrected chi connectivity index (χ3v) is 4.21. The van der Waals surface area contributed by atoms with Crippen LogP contribution >= 0.6 is 0 Å². The summed E-state index contributed by atoms with van der Waals surface area (Å²) in [7, 11) is 0. The van der Waals surface area contributed by atoms with Crippen molar-refractivity contribution in [2.45, 2.75) is 19.3 Å². The molecule has 1 aliphatic heterocycles. The topological polar surface area (TPSA) is 21.7 Å². The molecule has 2 aromatic carbocycles. The number of morpholine rings is 1. The van der Waals surface area contributed by atoms with Crippen LogP contribution in [0.3, 0.4) is 0 Å². The molecule has 0 spiro atoms. The first kappa shape index (κ1) is 15.3. The molecule has 118 valence electrons. The molecule has 0 amide bonds. The maximum atomic E-state index is 5.87. The fraction of sp³-hybridized carbons (Fsp3) is 0.474. The van der Waals surface area contributed by atoms with Gasteiger partial charge in [0.05, 0.1) is 19.8 Å². The van der Waals surface area contributed by atoms with Crippen molar-refractivity contribution in [2.24, 2.45) is 0 Å². The second-order valence-electron chi connectivity index (χ2n) is 5.87. The quantitative estimate of drug-likeness (QED) is 0.727. The summed E-state index contributed by atoms with van der Waals surface area (Å²) >= 11 is 0. The number of ether oxygens (including phenoxy) is 2. The summed E-state index contributed by atoms with van der Waals surface area (Å²) in [6, 6.07) is 14.7. The number of benzene rings is 2. The lowest BCUT2D eigenvalue weighted by Crippen LogP contribution is -2.36. The van der Waals surface area contributed by atoms with Crippen LogP contribution in [0.2, 0.25) is 0 Å². The van der Waals surface area contributed by atoms with E-state index in [1.807, 2.05) is 0 Å². The van der Waals surface area contributed by atoms with Crippen LogP contribution in [0.4, 0.5) is 0 Å². The number of hydrogen-bond acceptors (Lipinski definition) is 3. The predicted octanol–water partition coefficient (Wildman–Crippen LogP) is 3.72. The van der Waals surface area contributed by atoms with Crippen LogP contribution in [-0.2, 0) is 4.74 Å². The third-order valence-electron chi connectivity index (χ3n) is 4.21. The minimum absolute atomic E-state index is 0.807. The Labute approximate surface area is 132 Å². The summed E-state index contributed by atoms with van der Waals surface area (Å²) in [5, 5.41) is 2.51. The first-order valence-corrected chi connectivity index (χ1v) is 8.33. The number of nitrogens with zero attached hydrogens (tertiary/aromatic N) is 1. The molecule has 0 N–H and O–H groups in total. The van der Waals surface area contributed by atoms with Gasteiger partial charge in [-0.05, 0) is 48.7 Å². The lowest BCUT2D eigenvalue weighted by molar-refractivity contribution is 0.0370. The highest BCUT2D eigenvalue weighted by Crippen LogP contribution is 2.20. The number of unbranched alkanes of at least 4 members (excludes halogenated alkanes) is 2. The van der Waals surface area contributed by atoms with E-state index in [2.05, 4.69) is 47.4 Å². The average molecular weight is 299 g/mol. The highest BCUT2D eigenvalue weighted by Gasteiger charge is 2.08. The summed E-state index contributed by atoms with van der Waals surface area (Å²) in [5.41, 5.74) is 0. The molecule has 22 heavy (non-hydrogen) atoms. The van der Waals surface area contributed by atoms with Gasteiger partial charge in [-0.3, -0.25) is 4.90 Å². The first-order chi connectivity index (χ1) is 10.9. The van der Waals surface area contributed by atoms with Crippen molar-refractivity contribution in [2.75, 3.05) is 39.5 Å². The van der Waals surface area contributed by atoms with E-state index in [-0.39, 0.29) is 0 Å². The van der Waals surface area contributed by atoms with Gasteiger partial charge in [-0.2, -0.15) is 0 Å². The van der Waals surface area contributed by atoms with Gasteiger partial charge >= 0.3 is 0 Å². The molecule has 3 rings (SSSR count). The molecule has 1 heterocycles. The van der Waals surface area contributed by atoms with E-state index < -0.39 is 0 Å². The van der Waals surface area contributed by atoms with Gasteiger partial charge in [0, 0.05) is 13.1 Å². The third kappa shape index (κ3) is 4.46. The zero-order chi connectivity index (χ0) is 15.0. The van der Waals surface area contributed by atoms with Crippen molar-refractivity contribution in [3.05, 3.63) is 42.5 Å². The van der Waals surface area contributed by atoms with Gasteiger partial charge in [-0.15, -0.1) is 0 Å². The minimum Gasteiger partial charge on any atom is -0.494 e. The fourth-order valence-corrected chi connectivity index (χ4v) is 2.89. The lowest BCUT2D eigenvalue weighted by atomic mass is 10.1. The number of rotatable bonds is 7. The van der Waals surface area contributed by atoms with E-state index in [9.17, 15) is 0 Å². The maximum Gasteiger partial charge on any atom is 0.119 e. The normalized spacial score (nSPS) is 16.0. The van der Waals surface area contributed by atoms with Crippen LogP contribution in [0, 0.1) is 0 Å². The predicted molar refractivity (Wildman–Crippen MR) is 90.6 cm³/mol.